The molecule has 2 bridgehead atoms. The fraction of sp³-hybridized carbons (Fsp3) is 0.700. The highest BCUT2D eigenvalue weighted by Crippen LogP contribution is 2.45. The van der Waals surface area contributed by atoms with Gasteiger partial charge in [-0.2, -0.15) is 0 Å². The van der Waals surface area contributed by atoms with Crippen LogP contribution in [0.25, 0.3) is 0 Å². The monoisotopic (exact) mass is 314 g/mol. The van der Waals surface area contributed by atoms with Crippen molar-refractivity contribution in [3.05, 3.63) is 24.3 Å². The van der Waals surface area contributed by atoms with Gasteiger partial charge >= 0.3 is 0 Å². The average molecular weight is 314 g/mol. The first-order valence-corrected chi connectivity index (χ1v) is 9.44. The van der Waals surface area contributed by atoms with Crippen LogP contribution in [-0.2, 0) is 0 Å². The molecule has 3 heteroatoms. The molecule has 23 heavy (non-hydrogen) atoms. The Bertz CT molecular complexity index is 524. The molecule has 126 valence electrons. The van der Waals surface area contributed by atoms with Crippen molar-refractivity contribution < 1.29 is 4.74 Å². The summed E-state index contributed by atoms with van der Waals surface area (Å²) in [7, 11) is 1.77. The van der Waals surface area contributed by atoms with E-state index in [1.54, 1.807) is 7.11 Å². The number of ether oxygens (including phenoxy) is 1. The second-order valence-corrected chi connectivity index (χ2v) is 7.74. The van der Waals surface area contributed by atoms with E-state index in [1.165, 1.54) is 57.4 Å². The Hall–Kier alpha value is -1.22. The van der Waals surface area contributed by atoms with Crippen molar-refractivity contribution in [2.24, 2.45) is 17.8 Å². The maximum atomic E-state index is 5.52. The first-order chi connectivity index (χ1) is 11.3. The molecular formula is C20H30N2O. The van der Waals surface area contributed by atoms with Crippen LogP contribution in [0.4, 0.5) is 5.69 Å². The van der Waals surface area contributed by atoms with Crippen molar-refractivity contribution >= 4 is 5.69 Å². The van der Waals surface area contributed by atoms with Gasteiger partial charge in [-0.3, -0.25) is 4.90 Å². The summed E-state index contributed by atoms with van der Waals surface area (Å²) >= 11 is 0. The predicted octanol–water partition coefficient (Wildman–Crippen LogP) is 3.64. The lowest BCUT2D eigenvalue weighted by molar-refractivity contribution is 0.151. The number of methoxy groups -OCH3 is 1. The van der Waals surface area contributed by atoms with Crippen molar-refractivity contribution in [1.82, 2.24) is 4.90 Å². The summed E-state index contributed by atoms with van der Waals surface area (Å²) in [5.74, 6) is 4.11. The topological polar surface area (TPSA) is 15.7 Å². The van der Waals surface area contributed by atoms with Gasteiger partial charge in [0.1, 0.15) is 5.75 Å². The first-order valence-electron chi connectivity index (χ1n) is 9.44. The Balaban J connectivity index is 1.32. The molecule has 3 nitrogen and oxygen atoms in total. The Morgan fingerprint density at radius 2 is 1.78 bits per heavy atom. The molecule has 4 rings (SSSR count). The maximum Gasteiger partial charge on any atom is 0.142 e. The molecular weight excluding hydrogens is 284 g/mol. The molecule has 0 amide bonds. The molecule has 3 unspecified atom stereocenters. The molecule has 1 aromatic carbocycles. The number of piperazine rings is 1. The number of nitrogens with zero attached hydrogens (tertiary/aromatic N) is 2. The highest BCUT2D eigenvalue weighted by atomic mass is 16.5. The third-order valence-electron chi connectivity index (χ3n) is 6.49. The third-order valence-corrected chi connectivity index (χ3v) is 6.49. The number of fused-ring (bicyclic) bond motifs is 2. The van der Waals surface area contributed by atoms with Gasteiger partial charge < -0.3 is 9.64 Å². The standard InChI is InChI=1S/C20H30N2O/c1-23-20-5-3-2-4-19(20)22-12-10-21(11-13-22)15-18-9-7-16-6-8-17(18)14-16/h2-5,16-18H,6-15H2,1H3. The van der Waals surface area contributed by atoms with Crippen molar-refractivity contribution in [3.8, 4) is 5.75 Å². The Morgan fingerprint density at radius 3 is 2.61 bits per heavy atom. The van der Waals surface area contributed by atoms with Crippen LogP contribution in [0, 0.1) is 17.8 Å². The fourth-order valence-electron chi connectivity index (χ4n) is 5.12. The van der Waals surface area contributed by atoms with Gasteiger partial charge in [0.2, 0.25) is 0 Å². The molecule has 2 saturated carbocycles. The summed E-state index contributed by atoms with van der Waals surface area (Å²) in [6.45, 7) is 5.99. The van der Waals surface area contributed by atoms with Crippen molar-refractivity contribution in [1.29, 1.82) is 0 Å². The van der Waals surface area contributed by atoms with Gasteiger partial charge in [0.25, 0.3) is 0 Å². The number of para-hydroxylation sites is 2. The van der Waals surface area contributed by atoms with E-state index in [0.29, 0.717) is 0 Å². The largest absolute Gasteiger partial charge is 0.495 e. The number of hydrogen-bond acceptors (Lipinski definition) is 3. The number of rotatable bonds is 4. The van der Waals surface area contributed by atoms with Crippen LogP contribution in [0.3, 0.4) is 0 Å². The number of benzene rings is 1. The van der Waals surface area contributed by atoms with E-state index in [0.717, 1.165) is 36.6 Å². The Morgan fingerprint density at radius 1 is 1.00 bits per heavy atom. The zero-order valence-corrected chi connectivity index (χ0v) is 14.4. The van der Waals surface area contributed by atoms with Crippen LogP contribution < -0.4 is 9.64 Å². The van der Waals surface area contributed by atoms with Crippen molar-refractivity contribution in [3.63, 3.8) is 0 Å². The van der Waals surface area contributed by atoms with E-state index in [2.05, 4.69) is 34.1 Å². The van der Waals surface area contributed by atoms with E-state index in [-0.39, 0.29) is 0 Å². The van der Waals surface area contributed by atoms with E-state index >= 15 is 0 Å². The highest BCUT2D eigenvalue weighted by molar-refractivity contribution is 5.58. The molecule has 1 aliphatic heterocycles. The third kappa shape index (κ3) is 3.21. The molecule has 3 aliphatic rings. The van der Waals surface area contributed by atoms with Crippen LogP contribution in [0.1, 0.15) is 32.1 Å². The lowest BCUT2D eigenvalue weighted by Crippen LogP contribution is -2.48. The molecule has 2 aliphatic carbocycles. The van der Waals surface area contributed by atoms with Gasteiger partial charge in [0.15, 0.2) is 0 Å². The predicted molar refractivity (Wildman–Crippen MR) is 95.2 cm³/mol. The maximum absolute atomic E-state index is 5.52. The highest BCUT2D eigenvalue weighted by Gasteiger charge is 2.36. The van der Waals surface area contributed by atoms with Gasteiger partial charge in [-0.1, -0.05) is 25.0 Å². The fourth-order valence-corrected chi connectivity index (χ4v) is 5.12. The molecule has 0 radical (unpaired) electrons. The van der Waals surface area contributed by atoms with Gasteiger partial charge in [-0.15, -0.1) is 0 Å². The van der Waals surface area contributed by atoms with Crippen LogP contribution in [0.2, 0.25) is 0 Å². The summed E-state index contributed by atoms with van der Waals surface area (Å²) in [4.78, 5) is 5.21. The molecule has 0 spiro atoms. The Labute approximate surface area is 140 Å². The molecule has 1 aromatic rings. The van der Waals surface area contributed by atoms with E-state index in [9.17, 15) is 0 Å². The lowest BCUT2D eigenvalue weighted by Gasteiger charge is -2.40. The van der Waals surface area contributed by atoms with Crippen LogP contribution in [0.5, 0.6) is 5.75 Å². The summed E-state index contributed by atoms with van der Waals surface area (Å²) in [6, 6.07) is 8.42. The SMILES string of the molecule is COc1ccccc1N1CCN(CC2CCC3CCC2C3)CC1. The summed E-state index contributed by atoms with van der Waals surface area (Å²) in [5, 5.41) is 0. The summed E-state index contributed by atoms with van der Waals surface area (Å²) in [6.07, 6.45) is 7.55. The zero-order chi connectivity index (χ0) is 15.6. The summed E-state index contributed by atoms with van der Waals surface area (Å²) in [5.41, 5.74) is 1.26. The van der Waals surface area contributed by atoms with Crippen molar-refractivity contribution in [2.45, 2.75) is 32.1 Å². The van der Waals surface area contributed by atoms with Gasteiger partial charge in [0.05, 0.1) is 12.8 Å². The van der Waals surface area contributed by atoms with Crippen molar-refractivity contribution in [2.75, 3.05) is 44.7 Å². The van der Waals surface area contributed by atoms with E-state index < -0.39 is 0 Å². The number of anilines is 1. The second kappa shape index (κ2) is 6.72. The smallest absolute Gasteiger partial charge is 0.142 e. The normalized spacial score (nSPS) is 31.3. The van der Waals surface area contributed by atoms with Crippen LogP contribution in [-0.4, -0.2) is 44.7 Å². The van der Waals surface area contributed by atoms with Gasteiger partial charge in [-0.05, 0) is 49.1 Å². The van der Waals surface area contributed by atoms with Crippen LogP contribution in [0.15, 0.2) is 24.3 Å². The minimum absolute atomic E-state index is 0.978. The van der Waals surface area contributed by atoms with E-state index in [4.69, 9.17) is 4.74 Å². The zero-order valence-electron chi connectivity index (χ0n) is 14.4. The van der Waals surface area contributed by atoms with Crippen LogP contribution >= 0.6 is 0 Å². The van der Waals surface area contributed by atoms with Gasteiger partial charge in [0, 0.05) is 32.7 Å². The number of hydrogen-bond donors (Lipinski definition) is 0. The minimum Gasteiger partial charge on any atom is -0.495 e. The molecule has 3 fully saturated rings. The Kier molecular flexibility index (Phi) is 4.48. The second-order valence-electron chi connectivity index (χ2n) is 7.74. The molecule has 1 heterocycles. The average Bonchev–Trinajstić information content (AvgIpc) is 3.00. The van der Waals surface area contributed by atoms with E-state index in [1.807, 2.05) is 0 Å². The molecule has 3 atom stereocenters. The minimum atomic E-state index is 0.978. The molecule has 0 N–H and O–H groups in total. The molecule has 0 aromatic heterocycles. The lowest BCUT2D eigenvalue weighted by atomic mass is 9.79. The first kappa shape index (κ1) is 15.3. The quantitative estimate of drug-likeness (QED) is 0.844. The summed E-state index contributed by atoms with van der Waals surface area (Å²) < 4.78 is 5.52. The molecule has 1 saturated heterocycles. The van der Waals surface area contributed by atoms with Gasteiger partial charge in [-0.25, -0.2) is 0 Å².